The van der Waals surface area contributed by atoms with E-state index in [9.17, 15) is 14.4 Å². The summed E-state index contributed by atoms with van der Waals surface area (Å²) in [7, 11) is 1.54. The summed E-state index contributed by atoms with van der Waals surface area (Å²) in [6.07, 6.45) is 1.74. The van der Waals surface area contributed by atoms with Crippen molar-refractivity contribution in [3.63, 3.8) is 0 Å². The standard InChI is InChI=1S/C21H20ClN5O3/c1-5-10-25-12(2)13(3)27-17-18(23-20(25)27)24(4)21(30)26(19(17)29)11-16(28)14-6-8-15(22)9-7-14/h5-9H,1,10-11H2,2-4H3. The first-order valence-electron chi connectivity index (χ1n) is 9.33. The average Bonchev–Trinajstić information content (AvgIpc) is 3.22. The maximum atomic E-state index is 13.3. The zero-order valence-corrected chi connectivity index (χ0v) is 17.6. The molecule has 9 heteroatoms. The zero-order valence-electron chi connectivity index (χ0n) is 16.8. The Morgan fingerprint density at radius 2 is 1.80 bits per heavy atom. The predicted octanol–water partition coefficient (Wildman–Crippen LogP) is 2.49. The number of nitrogens with zero attached hydrogens (tertiary/aromatic N) is 5. The van der Waals surface area contributed by atoms with Crippen LogP contribution in [0.2, 0.25) is 5.02 Å². The van der Waals surface area contributed by atoms with Gasteiger partial charge >= 0.3 is 5.69 Å². The highest BCUT2D eigenvalue weighted by Gasteiger charge is 2.23. The van der Waals surface area contributed by atoms with Crippen molar-refractivity contribution < 1.29 is 4.79 Å². The quantitative estimate of drug-likeness (QED) is 0.363. The summed E-state index contributed by atoms with van der Waals surface area (Å²) in [5.74, 6) is 0.192. The van der Waals surface area contributed by atoms with Crippen LogP contribution in [0.5, 0.6) is 0 Å². The molecule has 0 unspecified atom stereocenters. The molecule has 0 saturated heterocycles. The van der Waals surface area contributed by atoms with Gasteiger partial charge in [0.25, 0.3) is 5.56 Å². The lowest BCUT2D eigenvalue weighted by Crippen LogP contribution is -2.41. The van der Waals surface area contributed by atoms with Gasteiger partial charge in [0.05, 0.1) is 6.54 Å². The summed E-state index contributed by atoms with van der Waals surface area (Å²) in [6.45, 7) is 7.74. The van der Waals surface area contributed by atoms with Crippen LogP contribution in [0, 0.1) is 13.8 Å². The Balaban J connectivity index is 1.97. The van der Waals surface area contributed by atoms with Crippen molar-refractivity contribution in [2.75, 3.05) is 0 Å². The molecule has 0 fully saturated rings. The van der Waals surface area contributed by atoms with E-state index in [0.29, 0.717) is 22.9 Å². The van der Waals surface area contributed by atoms with Gasteiger partial charge in [-0.25, -0.2) is 4.79 Å². The number of carbonyl (C=O) groups is 1. The number of carbonyl (C=O) groups excluding carboxylic acids is 1. The smallest absolute Gasteiger partial charge is 0.310 e. The number of rotatable bonds is 5. The molecule has 0 saturated carbocycles. The number of halogens is 1. The van der Waals surface area contributed by atoms with Crippen molar-refractivity contribution >= 4 is 34.3 Å². The minimum absolute atomic E-state index is 0.263. The molecule has 8 nitrogen and oxygen atoms in total. The Morgan fingerprint density at radius 1 is 1.13 bits per heavy atom. The minimum atomic E-state index is -0.597. The fourth-order valence-corrected chi connectivity index (χ4v) is 3.80. The van der Waals surface area contributed by atoms with E-state index in [2.05, 4.69) is 11.6 Å². The van der Waals surface area contributed by atoms with E-state index in [1.165, 1.54) is 4.57 Å². The first kappa shape index (κ1) is 19.9. The third kappa shape index (κ3) is 2.83. The van der Waals surface area contributed by atoms with E-state index >= 15 is 0 Å². The average molecular weight is 426 g/mol. The molecule has 0 amide bonds. The van der Waals surface area contributed by atoms with Crippen molar-refractivity contribution in [3.05, 3.63) is 79.7 Å². The molecular formula is C21H20ClN5O3. The van der Waals surface area contributed by atoms with Crippen molar-refractivity contribution in [2.24, 2.45) is 7.05 Å². The van der Waals surface area contributed by atoms with Crippen LogP contribution >= 0.6 is 11.6 Å². The molecule has 0 aliphatic carbocycles. The van der Waals surface area contributed by atoms with Crippen molar-refractivity contribution in [1.82, 2.24) is 23.1 Å². The number of Topliss-reactive ketones (excluding diaryl/α,β-unsaturated/α-hetero) is 1. The van der Waals surface area contributed by atoms with Crippen molar-refractivity contribution in [3.8, 4) is 0 Å². The topological polar surface area (TPSA) is 83.3 Å². The Kier molecular flexibility index (Phi) is 4.74. The fraction of sp³-hybridized carbons (Fsp3) is 0.238. The number of imidazole rings is 2. The summed E-state index contributed by atoms with van der Waals surface area (Å²) in [5.41, 5.74) is 1.53. The molecule has 0 radical (unpaired) electrons. The van der Waals surface area contributed by atoms with Crippen LogP contribution < -0.4 is 11.2 Å². The summed E-state index contributed by atoms with van der Waals surface area (Å²) in [4.78, 5) is 43.4. The lowest BCUT2D eigenvalue weighted by Gasteiger charge is -2.08. The summed E-state index contributed by atoms with van der Waals surface area (Å²) >= 11 is 5.87. The monoisotopic (exact) mass is 425 g/mol. The normalized spacial score (nSPS) is 11.5. The van der Waals surface area contributed by atoms with Gasteiger partial charge in [-0.2, -0.15) is 4.98 Å². The van der Waals surface area contributed by atoms with Crippen molar-refractivity contribution in [1.29, 1.82) is 0 Å². The van der Waals surface area contributed by atoms with E-state index < -0.39 is 11.2 Å². The number of aromatic nitrogens is 5. The van der Waals surface area contributed by atoms with Crippen LogP contribution in [0.4, 0.5) is 0 Å². The van der Waals surface area contributed by atoms with Crippen molar-refractivity contribution in [2.45, 2.75) is 26.9 Å². The highest BCUT2D eigenvalue weighted by atomic mass is 35.5. The molecule has 0 bridgehead atoms. The van der Waals surface area contributed by atoms with E-state index in [0.717, 1.165) is 16.0 Å². The molecule has 0 aliphatic rings. The second-order valence-corrected chi connectivity index (χ2v) is 7.59. The van der Waals surface area contributed by atoms with Crippen LogP contribution in [-0.4, -0.2) is 28.9 Å². The number of fused-ring (bicyclic) bond motifs is 3. The zero-order chi connectivity index (χ0) is 21.7. The lowest BCUT2D eigenvalue weighted by atomic mass is 10.1. The van der Waals surface area contributed by atoms with Gasteiger partial charge in [-0.15, -0.1) is 6.58 Å². The first-order chi connectivity index (χ1) is 14.3. The molecule has 30 heavy (non-hydrogen) atoms. The predicted molar refractivity (Wildman–Crippen MR) is 116 cm³/mol. The Labute approximate surface area is 176 Å². The summed E-state index contributed by atoms with van der Waals surface area (Å²) < 4.78 is 5.91. The SMILES string of the molecule is C=CCn1c(C)c(C)n2c3c(=O)n(CC(=O)c4ccc(Cl)cc4)c(=O)n(C)c3nc12. The van der Waals surface area contributed by atoms with Crippen LogP contribution in [0.3, 0.4) is 0 Å². The maximum absolute atomic E-state index is 13.3. The highest BCUT2D eigenvalue weighted by molar-refractivity contribution is 6.30. The van der Waals surface area contributed by atoms with Gasteiger partial charge in [-0.3, -0.25) is 23.1 Å². The Morgan fingerprint density at radius 3 is 2.43 bits per heavy atom. The van der Waals surface area contributed by atoms with Crippen LogP contribution in [-0.2, 0) is 20.1 Å². The summed E-state index contributed by atoms with van der Waals surface area (Å²) in [5, 5.41) is 0.498. The van der Waals surface area contributed by atoms with Crippen LogP contribution in [0.15, 0.2) is 46.5 Å². The molecule has 0 atom stereocenters. The number of allylic oxidation sites excluding steroid dienone is 1. The molecule has 0 N–H and O–H groups in total. The number of aryl methyl sites for hydroxylation is 2. The Bertz CT molecular complexity index is 1450. The third-order valence-corrected chi connectivity index (χ3v) is 5.66. The maximum Gasteiger partial charge on any atom is 0.332 e. The number of benzene rings is 1. The van der Waals surface area contributed by atoms with E-state index in [1.807, 2.05) is 18.4 Å². The van der Waals surface area contributed by atoms with Crippen LogP contribution in [0.25, 0.3) is 16.9 Å². The largest absolute Gasteiger partial charge is 0.332 e. The lowest BCUT2D eigenvalue weighted by molar-refractivity contribution is 0.0969. The molecule has 0 spiro atoms. The van der Waals surface area contributed by atoms with Gasteiger partial charge in [-0.05, 0) is 38.1 Å². The van der Waals surface area contributed by atoms with Gasteiger partial charge < -0.3 is 4.57 Å². The molecule has 3 aromatic heterocycles. The first-order valence-corrected chi connectivity index (χ1v) is 9.71. The molecule has 1 aromatic carbocycles. The number of ketones is 1. The molecule has 4 rings (SSSR count). The summed E-state index contributed by atoms with van der Waals surface area (Å²) in [6, 6.07) is 6.32. The Hall–Kier alpha value is -3.39. The molecular weight excluding hydrogens is 406 g/mol. The van der Waals surface area contributed by atoms with E-state index in [-0.39, 0.29) is 23.5 Å². The number of hydrogen-bond acceptors (Lipinski definition) is 4. The highest BCUT2D eigenvalue weighted by Crippen LogP contribution is 2.20. The van der Waals surface area contributed by atoms with E-state index in [4.69, 9.17) is 11.6 Å². The minimum Gasteiger partial charge on any atom is -0.310 e. The molecule has 3 heterocycles. The second kappa shape index (κ2) is 7.14. The van der Waals surface area contributed by atoms with Gasteiger partial charge in [0.15, 0.2) is 16.9 Å². The molecule has 4 aromatic rings. The van der Waals surface area contributed by atoms with Gasteiger partial charge in [0.1, 0.15) is 0 Å². The van der Waals surface area contributed by atoms with Gasteiger partial charge in [-0.1, -0.05) is 17.7 Å². The third-order valence-electron chi connectivity index (χ3n) is 5.41. The van der Waals surface area contributed by atoms with Gasteiger partial charge in [0.2, 0.25) is 5.78 Å². The van der Waals surface area contributed by atoms with E-state index in [1.54, 1.807) is 41.8 Å². The molecule has 0 aliphatic heterocycles. The number of hydrogen-bond donors (Lipinski definition) is 0. The molecule has 154 valence electrons. The van der Waals surface area contributed by atoms with Gasteiger partial charge in [0, 0.05) is 35.6 Å². The van der Waals surface area contributed by atoms with Crippen LogP contribution in [0.1, 0.15) is 21.7 Å². The second-order valence-electron chi connectivity index (χ2n) is 7.15. The fourth-order valence-electron chi connectivity index (χ4n) is 3.67.